The SMILES string of the molecule is C#CC(=O)NCCc1cccc(NCC#Cc2cc(O)c3nc(N)sc3c2)c1. The van der Waals surface area contributed by atoms with E-state index in [4.69, 9.17) is 12.2 Å². The van der Waals surface area contributed by atoms with Gasteiger partial charge >= 0.3 is 0 Å². The molecule has 28 heavy (non-hydrogen) atoms. The van der Waals surface area contributed by atoms with Gasteiger partial charge in [0.2, 0.25) is 0 Å². The van der Waals surface area contributed by atoms with E-state index in [1.165, 1.54) is 11.3 Å². The lowest BCUT2D eigenvalue weighted by Gasteiger charge is -2.06. The van der Waals surface area contributed by atoms with Crippen LogP contribution in [-0.4, -0.2) is 29.1 Å². The third-order valence-electron chi connectivity index (χ3n) is 3.86. The van der Waals surface area contributed by atoms with E-state index in [1.54, 1.807) is 6.07 Å². The number of carbonyl (C=O) groups is 1. The molecule has 0 unspecified atom stereocenters. The lowest BCUT2D eigenvalue weighted by molar-refractivity contribution is -0.115. The first-order chi connectivity index (χ1) is 13.5. The maximum atomic E-state index is 11.1. The van der Waals surface area contributed by atoms with Crippen LogP contribution in [0.3, 0.4) is 0 Å². The van der Waals surface area contributed by atoms with Gasteiger partial charge in [0.15, 0.2) is 5.13 Å². The van der Waals surface area contributed by atoms with Gasteiger partial charge in [-0.3, -0.25) is 4.79 Å². The van der Waals surface area contributed by atoms with E-state index in [1.807, 2.05) is 36.3 Å². The van der Waals surface area contributed by atoms with E-state index >= 15 is 0 Å². The van der Waals surface area contributed by atoms with Crippen LogP contribution in [0, 0.1) is 24.2 Å². The first kappa shape index (κ1) is 19.1. The highest BCUT2D eigenvalue weighted by Crippen LogP contribution is 2.31. The van der Waals surface area contributed by atoms with Crippen molar-refractivity contribution in [2.75, 3.05) is 24.1 Å². The third kappa shape index (κ3) is 4.94. The average Bonchev–Trinajstić information content (AvgIpc) is 3.06. The molecule has 7 heteroatoms. The number of terminal acetylenes is 1. The second-order valence-electron chi connectivity index (χ2n) is 5.90. The predicted octanol–water partition coefficient (Wildman–Crippen LogP) is 2.34. The third-order valence-corrected chi connectivity index (χ3v) is 4.69. The maximum absolute atomic E-state index is 11.1. The first-order valence-electron chi connectivity index (χ1n) is 8.50. The molecule has 3 rings (SSSR count). The fourth-order valence-corrected chi connectivity index (χ4v) is 3.40. The largest absolute Gasteiger partial charge is 0.506 e. The Bertz CT molecular complexity index is 1120. The molecule has 1 amide bonds. The summed E-state index contributed by atoms with van der Waals surface area (Å²) >= 11 is 1.31. The van der Waals surface area contributed by atoms with E-state index in [-0.39, 0.29) is 5.75 Å². The Morgan fingerprint density at radius 1 is 1.32 bits per heavy atom. The van der Waals surface area contributed by atoms with Crippen LogP contribution in [0.4, 0.5) is 10.8 Å². The highest BCUT2D eigenvalue weighted by Gasteiger charge is 2.07. The zero-order chi connectivity index (χ0) is 19.9. The van der Waals surface area contributed by atoms with Crippen molar-refractivity contribution in [2.45, 2.75) is 6.42 Å². The van der Waals surface area contributed by atoms with Crippen molar-refractivity contribution in [1.82, 2.24) is 10.3 Å². The number of amides is 1. The normalized spacial score (nSPS) is 9.96. The van der Waals surface area contributed by atoms with Crippen LogP contribution in [0.25, 0.3) is 10.2 Å². The highest BCUT2D eigenvalue weighted by atomic mass is 32.1. The van der Waals surface area contributed by atoms with Crippen LogP contribution >= 0.6 is 11.3 Å². The molecule has 0 bridgehead atoms. The Kier molecular flexibility index (Phi) is 6.01. The van der Waals surface area contributed by atoms with Crippen molar-refractivity contribution in [2.24, 2.45) is 0 Å². The summed E-state index contributed by atoms with van der Waals surface area (Å²) in [5.74, 6) is 7.75. The molecular formula is C21H18N4O2S. The number of nitrogen functional groups attached to an aromatic ring is 1. The number of hydrogen-bond acceptors (Lipinski definition) is 6. The molecule has 0 radical (unpaired) electrons. The van der Waals surface area contributed by atoms with Gasteiger partial charge in [-0.15, -0.1) is 6.42 Å². The van der Waals surface area contributed by atoms with Gasteiger partial charge in [-0.2, -0.15) is 0 Å². The van der Waals surface area contributed by atoms with E-state index in [0.717, 1.165) is 16.0 Å². The number of hydrogen-bond donors (Lipinski definition) is 4. The molecule has 0 fully saturated rings. The molecule has 0 spiro atoms. The summed E-state index contributed by atoms with van der Waals surface area (Å²) in [6.45, 7) is 0.932. The lowest BCUT2D eigenvalue weighted by atomic mass is 10.1. The summed E-state index contributed by atoms with van der Waals surface area (Å²) in [4.78, 5) is 15.1. The molecule has 1 heterocycles. The van der Waals surface area contributed by atoms with Crippen molar-refractivity contribution in [3.63, 3.8) is 0 Å². The second-order valence-corrected chi connectivity index (χ2v) is 6.96. The number of aromatic nitrogens is 1. The van der Waals surface area contributed by atoms with E-state index < -0.39 is 5.91 Å². The second kappa shape index (κ2) is 8.81. The van der Waals surface area contributed by atoms with E-state index in [9.17, 15) is 9.90 Å². The van der Waals surface area contributed by atoms with Crippen molar-refractivity contribution in [3.05, 3.63) is 47.5 Å². The molecule has 3 aromatic rings. The number of nitrogens with zero attached hydrogens (tertiary/aromatic N) is 1. The Morgan fingerprint density at radius 2 is 2.18 bits per heavy atom. The zero-order valence-electron chi connectivity index (χ0n) is 15.0. The van der Waals surface area contributed by atoms with Crippen LogP contribution in [0.5, 0.6) is 5.75 Å². The van der Waals surface area contributed by atoms with Gasteiger partial charge in [0, 0.05) is 17.8 Å². The highest BCUT2D eigenvalue weighted by molar-refractivity contribution is 7.22. The Balaban J connectivity index is 1.58. The van der Waals surface area contributed by atoms with Crippen molar-refractivity contribution < 1.29 is 9.90 Å². The number of aromatic hydroxyl groups is 1. The van der Waals surface area contributed by atoms with Gasteiger partial charge in [-0.25, -0.2) is 4.98 Å². The Labute approximate surface area is 166 Å². The average molecular weight is 390 g/mol. The van der Waals surface area contributed by atoms with Gasteiger partial charge in [-0.05, 0) is 42.2 Å². The number of nitrogens with two attached hydrogens (primary N) is 1. The molecule has 140 valence electrons. The molecule has 0 saturated carbocycles. The Morgan fingerprint density at radius 3 is 3.00 bits per heavy atom. The number of phenols is 1. The minimum Gasteiger partial charge on any atom is -0.506 e. The molecule has 0 atom stereocenters. The molecule has 0 aliphatic rings. The van der Waals surface area contributed by atoms with Crippen LogP contribution in [0.2, 0.25) is 0 Å². The summed E-state index contributed by atoms with van der Waals surface area (Å²) in [6, 6.07) is 11.3. The van der Waals surface area contributed by atoms with E-state index in [2.05, 4.69) is 27.5 Å². The molecule has 2 aromatic carbocycles. The predicted molar refractivity (Wildman–Crippen MR) is 113 cm³/mol. The van der Waals surface area contributed by atoms with Gasteiger partial charge in [-0.1, -0.05) is 35.3 Å². The van der Waals surface area contributed by atoms with Crippen molar-refractivity contribution in [1.29, 1.82) is 0 Å². The molecular weight excluding hydrogens is 372 g/mol. The van der Waals surface area contributed by atoms with Crippen molar-refractivity contribution >= 4 is 38.3 Å². The summed E-state index contributed by atoms with van der Waals surface area (Å²) in [6.07, 6.45) is 5.70. The monoisotopic (exact) mass is 390 g/mol. The molecule has 0 aliphatic carbocycles. The molecule has 0 aliphatic heterocycles. The van der Waals surface area contributed by atoms with Crippen molar-refractivity contribution in [3.8, 4) is 29.9 Å². The standard InChI is InChI=1S/C21H18N4O2S/c1-2-19(27)24-10-8-14-5-3-7-16(11-14)23-9-4-6-15-12-17(26)20-18(13-15)28-21(22)25-20/h1,3,5,7,11-13,23,26H,8-10H2,(H2,22,25)(H,24,27). The van der Waals surface area contributed by atoms with Crippen LogP contribution in [-0.2, 0) is 11.2 Å². The minimum absolute atomic E-state index is 0.0762. The van der Waals surface area contributed by atoms with E-state index in [0.29, 0.717) is 35.7 Å². The number of benzene rings is 2. The summed E-state index contributed by atoms with van der Waals surface area (Å²) in [5.41, 5.74) is 8.90. The zero-order valence-corrected chi connectivity index (χ0v) is 15.8. The topological polar surface area (TPSA) is 100 Å². The number of carbonyl (C=O) groups excluding carboxylic acids is 1. The summed E-state index contributed by atoms with van der Waals surface area (Å²) in [7, 11) is 0. The fourth-order valence-electron chi connectivity index (χ4n) is 2.60. The van der Waals surface area contributed by atoms with Gasteiger partial charge in [0.1, 0.15) is 11.3 Å². The quantitative estimate of drug-likeness (QED) is 0.501. The minimum atomic E-state index is -0.408. The van der Waals surface area contributed by atoms with Crippen LogP contribution < -0.4 is 16.4 Å². The fraction of sp³-hybridized carbons (Fsp3) is 0.143. The first-order valence-corrected chi connectivity index (χ1v) is 9.32. The number of phenolic OH excluding ortho intramolecular Hbond substituents is 1. The maximum Gasteiger partial charge on any atom is 0.295 e. The summed E-state index contributed by atoms with van der Waals surface area (Å²) < 4.78 is 0.805. The molecule has 5 N–H and O–H groups in total. The molecule has 0 saturated heterocycles. The van der Waals surface area contributed by atoms with Crippen LogP contribution in [0.15, 0.2) is 36.4 Å². The smallest absolute Gasteiger partial charge is 0.295 e. The van der Waals surface area contributed by atoms with Gasteiger partial charge < -0.3 is 21.5 Å². The number of nitrogens with one attached hydrogen (secondary N) is 2. The number of anilines is 2. The van der Waals surface area contributed by atoms with Gasteiger partial charge in [0.25, 0.3) is 5.91 Å². The molecule has 1 aromatic heterocycles. The van der Waals surface area contributed by atoms with Gasteiger partial charge in [0.05, 0.1) is 11.2 Å². The molecule has 6 nitrogen and oxygen atoms in total. The van der Waals surface area contributed by atoms with Crippen LogP contribution in [0.1, 0.15) is 11.1 Å². The lowest BCUT2D eigenvalue weighted by Crippen LogP contribution is -2.23. The number of rotatable bonds is 5. The Hall–Kier alpha value is -3.68. The number of thiazole rings is 1. The summed E-state index contributed by atoms with van der Waals surface area (Å²) in [5, 5.41) is 16.3. The number of fused-ring (bicyclic) bond motifs is 1.